The van der Waals surface area contributed by atoms with Gasteiger partial charge in [0.1, 0.15) is 5.25 Å². The van der Waals surface area contributed by atoms with Crippen molar-refractivity contribution in [2.75, 3.05) is 11.7 Å². The predicted molar refractivity (Wildman–Crippen MR) is 109 cm³/mol. The summed E-state index contributed by atoms with van der Waals surface area (Å²) in [7, 11) is 0. The Hall–Kier alpha value is -3.46. The van der Waals surface area contributed by atoms with E-state index in [9.17, 15) is 9.59 Å². The number of imide groups is 1. The molecule has 2 amide bonds. The zero-order valence-electron chi connectivity index (χ0n) is 15.9. The van der Waals surface area contributed by atoms with Gasteiger partial charge in [0.25, 0.3) is 0 Å². The second-order valence-corrected chi connectivity index (χ2v) is 8.08. The topological polar surface area (TPSA) is 94.5 Å². The third kappa shape index (κ3) is 3.37. The molecule has 3 aromatic rings. The number of aromatic nitrogens is 3. The average molecular weight is 420 g/mol. The number of anilines is 1. The number of carbonyl (C=O) groups excluding carboxylic acids is 2. The van der Waals surface area contributed by atoms with E-state index in [1.165, 1.54) is 4.90 Å². The van der Waals surface area contributed by atoms with Gasteiger partial charge in [-0.2, -0.15) is 5.10 Å². The van der Waals surface area contributed by atoms with Crippen LogP contribution in [0, 0.1) is 6.92 Å². The van der Waals surface area contributed by atoms with E-state index in [1.807, 2.05) is 37.3 Å². The zero-order chi connectivity index (χ0) is 20.7. The summed E-state index contributed by atoms with van der Waals surface area (Å²) in [6.07, 6.45) is 1.64. The van der Waals surface area contributed by atoms with Crippen LogP contribution in [-0.4, -0.2) is 39.0 Å². The fraction of sp³-hybridized carbons (Fsp3) is 0.190. The Kier molecular flexibility index (Phi) is 4.59. The van der Waals surface area contributed by atoms with Crippen molar-refractivity contribution in [2.24, 2.45) is 0 Å². The minimum absolute atomic E-state index is 0.0923. The number of benzene rings is 2. The second kappa shape index (κ2) is 7.42. The van der Waals surface area contributed by atoms with Crippen LogP contribution in [0.25, 0.3) is 11.3 Å². The molecule has 5 rings (SSSR count). The van der Waals surface area contributed by atoms with Gasteiger partial charge in [-0.05, 0) is 37.3 Å². The number of aryl methyl sites for hydroxylation is 1. The largest absolute Gasteiger partial charge is 0.454 e. The first kappa shape index (κ1) is 18.6. The van der Waals surface area contributed by atoms with Crippen molar-refractivity contribution in [3.8, 4) is 22.8 Å². The van der Waals surface area contributed by atoms with Gasteiger partial charge >= 0.3 is 0 Å². The van der Waals surface area contributed by atoms with Crippen molar-refractivity contribution in [3.63, 3.8) is 0 Å². The maximum Gasteiger partial charge on any atom is 0.247 e. The van der Waals surface area contributed by atoms with Crippen LogP contribution in [0.3, 0.4) is 0 Å². The lowest BCUT2D eigenvalue weighted by Gasteiger charge is -2.14. The molecule has 3 heterocycles. The zero-order valence-corrected chi connectivity index (χ0v) is 16.8. The normalized spacial score (nSPS) is 17.6. The maximum atomic E-state index is 12.9. The summed E-state index contributed by atoms with van der Waals surface area (Å²) < 4.78 is 10.7. The number of fused-ring (bicyclic) bond motifs is 1. The van der Waals surface area contributed by atoms with E-state index in [0.29, 0.717) is 28.0 Å². The summed E-state index contributed by atoms with van der Waals surface area (Å²) in [5, 5.41) is 7.79. The SMILES string of the molecule is Cc1ccc(N2C(=O)CC(Sc3nncc(-c4ccc5c(c4)OCO5)n3)C2=O)cc1. The highest BCUT2D eigenvalue weighted by Gasteiger charge is 2.40. The number of carbonyl (C=O) groups is 2. The monoisotopic (exact) mass is 420 g/mol. The summed E-state index contributed by atoms with van der Waals surface area (Å²) in [6, 6.07) is 12.8. The molecular weight excluding hydrogens is 404 g/mol. The smallest absolute Gasteiger partial charge is 0.247 e. The Morgan fingerprint density at radius 2 is 1.87 bits per heavy atom. The Morgan fingerprint density at radius 1 is 1.07 bits per heavy atom. The van der Waals surface area contributed by atoms with Gasteiger partial charge in [-0.15, -0.1) is 5.10 Å². The van der Waals surface area contributed by atoms with Crippen LogP contribution >= 0.6 is 11.8 Å². The van der Waals surface area contributed by atoms with Crippen molar-refractivity contribution >= 4 is 29.3 Å². The number of hydrogen-bond donors (Lipinski definition) is 0. The van der Waals surface area contributed by atoms with E-state index < -0.39 is 5.25 Å². The van der Waals surface area contributed by atoms with Gasteiger partial charge < -0.3 is 9.47 Å². The summed E-state index contributed by atoms with van der Waals surface area (Å²) in [4.78, 5) is 31.1. The average Bonchev–Trinajstić information content (AvgIpc) is 3.33. The molecule has 150 valence electrons. The van der Waals surface area contributed by atoms with Crippen LogP contribution in [0.15, 0.2) is 53.8 Å². The molecule has 1 unspecified atom stereocenters. The number of hydrogen-bond acceptors (Lipinski definition) is 8. The molecule has 1 atom stereocenters. The molecule has 9 heteroatoms. The van der Waals surface area contributed by atoms with Crippen molar-refractivity contribution in [2.45, 2.75) is 23.8 Å². The highest BCUT2D eigenvalue weighted by atomic mass is 32.2. The summed E-state index contributed by atoms with van der Waals surface area (Å²) >= 11 is 1.15. The fourth-order valence-corrected chi connectivity index (χ4v) is 4.25. The molecule has 1 aromatic heterocycles. The first-order valence-corrected chi connectivity index (χ1v) is 10.2. The van der Waals surface area contributed by atoms with E-state index in [1.54, 1.807) is 18.3 Å². The molecule has 2 aliphatic rings. The lowest BCUT2D eigenvalue weighted by Crippen LogP contribution is -2.31. The number of thioether (sulfide) groups is 1. The highest BCUT2D eigenvalue weighted by Crippen LogP contribution is 2.36. The second-order valence-electron chi connectivity index (χ2n) is 6.91. The van der Waals surface area contributed by atoms with Gasteiger partial charge in [-0.1, -0.05) is 29.5 Å². The molecule has 2 aromatic carbocycles. The number of amides is 2. The number of ether oxygens (including phenoxy) is 2. The van der Waals surface area contributed by atoms with Gasteiger partial charge in [-0.3, -0.25) is 9.59 Å². The van der Waals surface area contributed by atoms with Crippen molar-refractivity contribution in [1.29, 1.82) is 0 Å². The Balaban J connectivity index is 1.36. The molecule has 2 aliphatic heterocycles. The lowest BCUT2D eigenvalue weighted by molar-refractivity contribution is -0.121. The fourth-order valence-electron chi connectivity index (χ4n) is 3.32. The molecule has 1 fully saturated rings. The molecule has 0 bridgehead atoms. The predicted octanol–water partition coefficient (Wildman–Crippen LogP) is 3.00. The Labute approximate surface area is 176 Å². The van der Waals surface area contributed by atoms with Gasteiger partial charge in [-0.25, -0.2) is 9.88 Å². The van der Waals surface area contributed by atoms with E-state index in [0.717, 1.165) is 22.9 Å². The molecule has 0 N–H and O–H groups in total. The maximum absolute atomic E-state index is 12.9. The van der Waals surface area contributed by atoms with Crippen molar-refractivity contribution in [3.05, 3.63) is 54.2 Å². The molecule has 1 saturated heterocycles. The van der Waals surface area contributed by atoms with E-state index in [-0.39, 0.29) is 25.0 Å². The first-order valence-electron chi connectivity index (χ1n) is 9.28. The third-order valence-electron chi connectivity index (χ3n) is 4.85. The van der Waals surface area contributed by atoms with Crippen LogP contribution in [0.2, 0.25) is 0 Å². The molecule has 0 radical (unpaired) electrons. The van der Waals surface area contributed by atoms with Gasteiger partial charge in [0, 0.05) is 12.0 Å². The minimum Gasteiger partial charge on any atom is -0.454 e. The summed E-state index contributed by atoms with van der Waals surface area (Å²) in [5.74, 6) is 0.819. The van der Waals surface area contributed by atoms with E-state index in [4.69, 9.17) is 9.47 Å². The van der Waals surface area contributed by atoms with Gasteiger partial charge in [0.15, 0.2) is 11.5 Å². The van der Waals surface area contributed by atoms with Crippen molar-refractivity contribution < 1.29 is 19.1 Å². The molecule has 0 aliphatic carbocycles. The van der Waals surface area contributed by atoms with Crippen molar-refractivity contribution in [1.82, 2.24) is 15.2 Å². The van der Waals surface area contributed by atoms with Gasteiger partial charge in [0.2, 0.25) is 23.8 Å². The molecule has 0 spiro atoms. The number of rotatable bonds is 4. The quantitative estimate of drug-likeness (QED) is 0.595. The lowest BCUT2D eigenvalue weighted by atomic mass is 10.1. The summed E-state index contributed by atoms with van der Waals surface area (Å²) in [5.41, 5.74) is 3.03. The molecule has 8 nitrogen and oxygen atoms in total. The molecular formula is C21H16N4O4S. The van der Waals surface area contributed by atoms with Crippen LogP contribution in [0.5, 0.6) is 11.5 Å². The molecule has 0 saturated carbocycles. The van der Waals surface area contributed by atoms with Crippen LogP contribution in [-0.2, 0) is 9.59 Å². The first-order chi connectivity index (χ1) is 14.6. The van der Waals surface area contributed by atoms with Crippen LogP contribution in [0.1, 0.15) is 12.0 Å². The Morgan fingerprint density at radius 3 is 2.70 bits per heavy atom. The molecule has 30 heavy (non-hydrogen) atoms. The van der Waals surface area contributed by atoms with E-state index in [2.05, 4.69) is 15.2 Å². The highest BCUT2D eigenvalue weighted by molar-refractivity contribution is 8.00. The van der Waals surface area contributed by atoms with E-state index >= 15 is 0 Å². The minimum atomic E-state index is -0.590. The van der Waals surface area contributed by atoms with Crippen LogP contribution in [0.4, 0.5) is 5.69 Å². The third-order valence-corrected chi connectivity index (χ3v) is 5.89. The van der Waals surface area contributed by atoms with Gasteiger partial charge in [0.05, 0.1) is 17.6 Å². The van der Waals surface area contributed by atoms with Crippen LogP contribution < -0.4 is 14.4 Å². The standard InChI is InChI=1S/C21H16N4O4S/c1-12-2-5-14(6-3-12)25-19(26)9-18(20(25)27)30-21-23-15(10-22-24-21)13-4-7-16-17(8-13)29-11-28-16/h2-8,10,18H,9,11H2,1H3. The number of nitrogens with zero attached hydrogens (tertiary/aromatic N) is 4. The Bertz CT molecular complexity index is 1150. The summed E-state index contributed by atoms with van der Waals surface area (Å²) in [6.45, 7) is 2.14.